The van der Waals surface area contributed by atoms with Crippen LogP contribution in [0, 0.1) is 10.1 Å². The monoisotopic (exact) mass is 256 g/mol. The molecule has 3 N–H and O–H groups in total. The van der Waals surface area contributed by atoms with E-state index in [1.807, 2.05) is 0 Å². The minimum Gasteiger partial charge on any atom is -0.500 e. The smallest absolute Gasteiger partial charge is 0.327 e. The average molecular weight is 256 g/mol. The molecular formula is C10H12N2O6. The van der Waals surface area contributed by atoms with E-state index in [-0.39, 0.29) is 11.3 Å². The second-order valence-corrected chi connectivity index (χ2v) is 3.35. The first-order chi connectivity index (χ1) is 8.42. The quantitative estimate of drug-likeness (QED) is 0.456. The molecule has 1 rings (SSSR count). The Balaban J connectivity index is 3.34. The van der Waals surface area contributed by atoms with Gasteiger partial charge in [-0.05, 0) is 11.6 Å². The number of carbonyl (C=O) groups is 1. The molecule has 0 aliphatic carbocycles. The molecule has 0 heterocycles. The van der Waals surface area contributed by atoms with Gasteiger partial charge in [-0.2, -0.15) is 0 Å². The van der Waals surface area contributed by atoms with Crippen molar-refractivity contribution >= 4 is 11.7 Å². The first kappa shape index (κ1) is 13.7. The minimum absolute atomic E-state index is 0.114. The summed E-state index contributed by atoms with van der Waals surface area (Å²) in [6.45, 7) is 0. The second-order valence-electron chi connectivity index (χ2n) is 3.35. The molecule has 0 bridgehead atoms. The molecule has 8 heteroatoms. The van der Waals surface area contributed by atoms with Gasteiger partial charge in [0.05, 0.1) is 19.1 Å². The van der Waals surface area contributed by atoms with Crippen molar-refractivity contribution in [2.75, 3.05) is 14.2 Å². The van der Waals surface area contributed by atoms with Crippen LogP contribution >= 0.6 is 0 Å². The molecule has 1 aromatic carbocycles. The van der Waals surface area contributed by atoms with Gasteiger partial charge in [0.2, 0.25) is 5.75 Å². The zero-order chi connectivity index (χ0) is 13.9. The van der Waals surface area contributed by atoms with Crippen LogP contribution in [-0.4, -0.2) is 30.2 Å². The van der Waals surface area contributed by atoms with E-state index < -0.39 is 28.4 Å². The van der Waals surface area contributed by atoms with E-state index in [2.05, 4.69) is 4.74 Å². The lowest BCUT2D eigenvalue weighted by atomic mass is 10.1. The molecule has 18 heavy (non-hydrogen) atoms. The maximum atomic E-state index is 11.3. The van der Waals surface area contributed by atoms with Crippen molar-refractivity contribution in [2.24, 2.45) is 5.73 Å². The summed E-state index contributed by atoms with van der Waals surface area (Å²) in [6, 6.07) is 1.05. The summed E-state index contributed by atoms with van der Waals surface area (Å²) < 4.78 is 9.21. The lowest BCUT2D eigenvalue weighted by Gasteiger charge is -2.12. The van der Waals surface area contributed by atoms with Crippen LogP contribution in [0.1, 0.15) is 11.6 Å². The molecule has 0 radical (unpaired) electrons. The number of rotatable bonds is 4. The van der Waals surface area contributed by atoms with Crippen LogP contribution in [0.25, 0.3) is 0 Å². The normalized spacial score (nSPS) is 11.7. The molecule has 0 saturated heterocycles. The van der Waals surface area contributed by atoms with Gasteiger partial charge in [0.15, 0.2) is 5.75 Å². The van der Waals surface area contributed by atoms with E-state index in [4.69, 9.17) is 10.5 Å². The number of aromatic hydroxyl groups is 1. The Hall–Kier alpha value is -2.35. The lowest BCUT2D eigenvalue weighted by Crippen LogP contribution is -2.22. The van der Waals surface area contributed by atoms with Gasteiger partial charge in [0.1, 0.15) is 6.04 Å². The Kier molecular flexibility index (Phi) is 4.05. The van der Waals surface area contributed by atoms with Gasteiger partial charge >= 0.3 is 11.7 Å². The number of esters is 1. The van der Waals surface area contributed by atoms with Gasteiger partial charge in [0, 0.05) is 6.07 Å². The van der Waals surface area contributed by atoms with Crippen molar-refractivity contribution in [3.63, 3.8) is 0 Å². The third-order valence-corrected chi connectivity index (χ3v) is 2.31. The van der Waals surface area contributed by atoms with Crippen molar-refractivity contribution in [3.8, 4) is 11.5 Å². The van der Waals surface area contributed by atoms with Gasteiger partial charge in [0.25, 0.3) is 0 Å². The van der Waals surface area contributed by atoms with Crippen LogP contribution in [0.3, 0.4) is 0 Å². The number of ether oxygens (including phenoxy) is 2. The molecular weight excluding hydrogens is 244 g/mol. The fourth-order valence-corrected chi connectivity index (χ4v) is 1.35. The summed E-state index contributed by atoms with van der Waals surface area (Å²) in [5, 5.41) is 20.3. The highest BCUT2D eigenvalue weighted by Gasteiger charge is 2.25. The van der Waals surface area contributed by atoms with Crippen LogP contribution in [0.5, 0.6) is 11.5 Å². The van der Waals surface area contributed by atoms with Crippen molar-refractivity contribution in [1.82, 2.24) is 0 Å². The molecule has 0 spiro atoms. The molecule has 0 aliphatic heterocycles. The highest BCUT2D eigenvalue weighted by atomic mass is 16.6. The summed E-state index contributed by atoms with van der Waals surface area (Å²) in [7, 11) is 2.38. The number of carbonyl (C=O) groups excluding carboxylic acids is 1. The first-order valence-electron chi connectivity index (χ1n) is 4.81. The molecule has 8 nitrogen and oxygen atoms in total. The number of hydrogen-bond acceptors (Lipinski definition) is 7. The van der Waals surface area contributed by atoms with E-state index in [9.17, 15) is 20.0 Å². The molecule has 98 valence electrons. The average Bonchev–Trinajstić information content (AvgIpc) is 2.36. The maximum Gasteiger partial charge on any atom is 0.327 e. The summed E-state index contributed by atoms with van der Waals surface area (Å²) in [4.78, 5) is 21.2. The van der Waals surface area contributed by atoms with Crippen LogP contribution in [0.2, 0.25) is 0 Å². The zero-order valence-electron chi connectivity index (χ0n) is 9.75. The predicted molar refractivity (Wildman–Crippen MR) is 60.3 cm³/mol. The van der Waals surface area contributed by atoms with E-state index >= 15 is 0 Å². The highest BCUT2D eigenvalue weighted by molar-refractivity contribution is 5.78. The molecule has 1 aromatic rings. The lowest BCUT2D eigenvalue weighted by molar-refractivity contribution is -0.386. The van der Waals surface area contributed by atoms with Crippen molar-refractivity contribution in [1.29, 1.82) is 0 Å². The van der Waals surface area contributed by atoms with E-state index in [0.717, 1.165) is 13.2 Å². The molecule has 0 fully saturated rings. The molecule has 0 amide bonds. The Morgan fingerprint density at radius 3 is 2.56 bits per heavy atom. The van der Waals surface area contributed by atoms with E-state index in [1.165, 1.54) is 13.2 Å². The van der Waals surface area contributed by atoms with Gasteiger partial charge in [-0.15, -0.1) is 0 Å². The molecule has 0 saturated carbocycles. The maximum absolute atomic E-state index is 11.3. The van der Waals surface area contributed by atoms with Crippen LogP contribution < -0.4 is 10.5 Å². The fourth-order valence-electron chi connectivity index (χ4n) is 1.35. The Bertz CT molecular complexity index is 488. The zero-order valence-corrected chi connectivity index (χ0v) is 9.75. The predicted octanol–water partition coefficient (Wildman–Crippen LogP) is 0.482. The van der Waals surface area contributed by atoms with E-state index in [0.29, 0.717) is 0 Å². The number of nitrogens with two attached hydrogens (primary N) is 1. The number of nitrogens with zero attached hydrogens (tertiary/aromatic N) is 1. The molecule has 0 unspecified atom stereocenters. The summed E-state index contributed by atoms with van der Waals surface area (Å²) in [6.07, 6.45) is 0. The van der Waals surface area contributed by atoms with Crippen molar-refractivity contribution in [2.45, 2.75) is 6.04 Å². The third-order valence-electron chi connectivity index (χ3n) is 2.31. The third kappa shape index (κ3) is 2.48. The molecule has 1 atom stereocenters. The number of methoxy groups -OCH3 is 2. The highest BCUT2D eigenvalue weighted by Crippen LogP contribution is 2.38. The van der Waals surface area contributed by atoms with Crippen LogP contribution in [0.15, 0.2) is 12.1 Å². The standard InChI is InChI=1S/C10H12N2O6/c1-17-7-4-5(8(11)10(14)18-2)3-6(9(7)13)12(15)16/h3-4,8,13H,11H2,1-2H3/t8-/m0/s1. The van der Waals surface area contributed by atoms with Crippen LogP contribution in [0.4, 0.5) is 5.69 Å². The van der Waals surface area contributed by atoms with Crippen molar-refractivity contribution in [3.05, 3.63) is 27.8 Å². The van der Waals surface area contributed by atoms with E-state index in [1.54, 1.807) is 0 Å². The number of nitro groups is 1. The SMILES string of the molecule is COC(=O)[C@@H](N)c1cc(OC)c(O)c([N+](=O)[O-])c1. The summed E-state index contributed by atoms with van der Waals surface area (Å²) in [5.41, 5.74) is 5.08. The molecule has 0 aliphatic rings. The Labute approximate surface area is 102 Å². The first-order valence-corrected chi connectivity index (χ1v) is 4.81. The molecule has 0 aromatic heterocycles. The topological polar surface area (TPSA) is 125 Å². The summed E-state index contributed by atoms with van der Waals surface area (Å²) >= 11 is 0. The van der Waals surface area contributed by atoms with Gasteiger partial charge in [-0.25, -0.2) is 0 Å². The van der Waals surface area contributed by atoms with Crippen LogP contribution in [-0.2, 0) is 9.53 Å². The fraction of sp³-hybridized carbons (Fsp3) is 0.300. The Morgan fingerprint density at radius 1 is 1.50 bits per heavy atom. The van der Waals surface area contributed by atoms with Gasteiger partial charge in [-0.1, -0.05) is 0 Å². The summed E-state index contributed by atoms with van der Waals surface area (Å²) in [5.74, 6) is -1.51. The van der Waals surface area contributed by atoms with Gasteiger partial charge in [-0.3, -0.25) is 14.9 Å². The number of benzene rings is 1. The number of nitro benzene ring substituents is 1. The van der Waals surface area contributed by atoms with Gasteiger partial charge < -0.3 is 20.3 Å². The Morgan fingerprint density at radius 2 is 2.11 bits per heavy atom. The largest absolute Gasteiger partial charge is 0.500 e. The minimum atomic E-state index is -1.19. The second kappa shape index (κ2) is 5.32. The number of phenolic OH excluding ortho intramolecular Hbond substituents is 1. The number of hydrogen-bond donors (Lipinski definition) is 2. The number of phenols is 1. The van der Waals surface area contributed by atoms with Crippen molar-refractivity contribution < 1.29 is 24.3 Å².